The van der Waals surface area contributed by atoms with E-state index in [9.17, 15) is 20.1 Å². The van der Waals surface area contributed by atoms with Gasteiger partial charge in [0, 0.05) is 0 Å². The van der Waals surface area contributed by atoms with Gasteiger partial charge in [-0.25, -0.2) is 4.79 Å². The molecule has 0 unspecified atom stereocenters. The van der Waals surface area contributed by atoms with Gasteiger partial charge in [-0.05, 0) is 19.4 Å². The lowest BCUT2D eigenvalue weighted by Gasteiger charge is -2.19. The van der Waals surface area contributed by atoms with Crippen molar-refractivity contribution in [1.29, 1.82) is 0 Å². The Morgan fingerprint density at radius 3 is 2.50 bits per heavy atom. The Morgan fingerprint density at radius 2 is 2.06 bits per heavy atom. The highest BCUT2D eigenvalue weighted by Crippen LogP contribution is 2.27. The molecule has 1 rings (SSSR count). The Morgan fingerprint density at radius 1 is 1.50 bits per heavy atom. The number of rotatable bonds is 3. The minimum Gasteiger partial charge on any atom is -0.509 e. The van der Waals surface area contributed by atoms with Gasteiger partial charge in [-0.15, -0.1) is 0 Å². The molecule has 6 nitrogen and oxygen atoms in total. The zero-order valence-electron chi connectivity index (χ0n) is 9.22. The third-order valence-electron chi connectivity index (χ3n) is 2.22. The predicted molar refractivity (Wildman–Crippen MR) is 53.6 cm³/mol. The van der Waals surface area contributed by atoms with E-state index in [2.05, 4.69) is 4.74 Å². The highest BCUT2D eigenvalue weighted by Gasteiger charge is 2.42. The molecule has 3 N–H and O–H groups in total. The minimum absolute atomic E-state index is 0.190. The molecule has 0 spiro atoms. The summed E-state index contributed by atoms with van der Waals surface area (Å²) in [6.07, 6.45) is -2.67. The second-order valence-corrected chi connectivity index (χ2v) is 3.57. The van der Waals surface area contributed by atoms with Crippen LogP contribution >= 0.6 is 0 Å². The number of carbonyl (C=O) groups is 1. The van der Waals surface area contributed by atoms with E-state index in [1.54, 1.807) is 13.8 Å². The van der Waals surface area contributed by atoms with Crippen LogP contribution < -0.4 is 0 Å². The van der Waals surface area contributed by atoms with Gasteiger partial charge in [0.05, 0.1) is 7.11 Å². The molecule has 0 bridgehead atoms. The molecule has 0 fully saturated rings. The largest absolute Gasteiger partial charge is 0.509 e. The van der Waals surface area contributed by atoms with Gasteiger partial charge in [0.15, 0.2) is 18.0 Å². The quantitative estimate of drug-likeness (QED) is 0.483. The van der Waals surface area contributed by atoms with Crippen molar-refractivity contribution >= 4 is 5.97 Å². The molecule has 16 heavy (non-hydrogen) atoms. The fourth-order valence-electron chi connectivity index (χ4n) is 1.32. The summed E-state index contributed by atoms with van der Waals surface area (Å²) in [4.78, 5) is 11.0. The third kappa shape index (κ3) is 1.96. The first-order chi connectivity index (χ1) is 7.40. The standard InChI is InChI=1S/C10H14O6/c1-4(2)5(11)6(12)9-8(15-3)7(13)10(14)16-9/h6,9,11-13H,1-3H3/t6-,9+/m0/s1. The van der Waals surface area contributed by atoms with Crippen molar-refractivity contribution in [3.05, 3.63) is 22.9 Å². The maximum Gasteiger partial charge on any atom is 0.378 e. The van der Waals surface area contributed by atoms with Crippen molar-refractivity contribution in [2.75, 3.05) is 7.11 Å². The molecule has 0 aromatic rings. The number of methoxy groups -OCH3 is 1. The summed E-state index contributed by atoms with van der Waals surface area (Å²) in [7, 11) is 1.23. The molecule has 0 saturated heterocycles. The van der Waals surface area contributed by atoms with E-state index >= 15 is 0 Å². The molecular formula is C10H14O6. The minimum atomic E-state index is -1.45. The molecule has 2 atom stereocenters. The van der Waals surface area contributed by atoms with Crippen LogP contribution in [0, 0.1) is 0 Å². The monoisotopic (exact) mass is 230 g/mol. The van der Waals surface area contributed by atoms with Gasteiger partial charge >= 0.3 is 5.97 Å². The molecule has 0 amide bonds. The first-order valence-electron chi connectivity index (χ1n) is 4.62. The first kappa shape index (κ1) is 12.4. The number of aliphatic hydroxyl groups excluding tert-OH is 3. The van der Waals surface area contributed by atoms with E-state index in [0.29, 0.717) is 5.57 Å². The molecule has 0 aromatic carbocycles. The lowest BCUT2D eigenvalue weighted by molar-refractivity contribution is -0.146. The maximum atomic E-state index is 11.0. The number of carbonyl (C=O) groups excluding carboxylic acids is 1. The predicted octanol–water partition coefficient (Wildman–Crippen LogP) is 0.541. The van der Waals surface area contributed by atoms with E-state index in [-0.39, 0.29) is 11.5 Å². The highest BCUT2D eigenvalue weighted by atomic mass is 16.6. The summed E-state index contributed by atoms with van der Waals surface area (Å²) in [6, 6.07) is 0. The van der Waals surface area contributed by atoms with E-state index in [4.69, 9.17) is 4.74 Å². The maximum absolute atomic E-state index is 11.0. The summed E-state index contributed by atoms with van der Waals surface area (Å²) in [5.41, 5.74) is 0.477. The van der Waals surface area contributed by atoms with Gasteiger partial charge in [-0.2, -0.15) is 0 Å². The molecule has 6 heteroatoms. The molecule has 0 aromatic heterocycles. The molecule has 0 aliphatic carbocycles. The summed E-state index contributed by atoms with van der Waals surface area (Å²) >= 11 is 0. The Bertz CT molecular complexity index is 364. The Hall–Kier alpha value is -1.69. The number of allylic oxidation sites excluding steroid dienone is 1. The van der Waals surface area contributed by atoms with Crippen molar-refractivity contribution in [3.63, 3.8) is 0 Å². The van der Waals surface area contributed by atoms with Crippen molar-refractivity contribution in [2.24, 2.45) is 0 Å². The Kier molecular flexibility index (Phi) is 3.44. The van der Waals surface area contributed by atoms with E-state index < -0.39 is 23.9 Å². The van der Waals surface area contributed by atoms with Crippen LogP contribution in [0.25, 0.3) is 0 Å². The zero-order chi connectivity index (χ0) is 12.5. The normalized spacial score (nSPS) is 21.8. The fraction of sp³-hybridized carbons (Fsp3) is 0.500. The van der Waals surface area contributed by atoms with Crippen molar-refractivity contribution < 1.29 is 29.6 Å². The molecular weight excluding hydrogens is 216 g/mol. The van der Waals surface area contributed by atoms with Gasteiger partial charge in [0.25, 0.3) is 0 Å². The SMILES string of the molecule is COC1=C(O)C(=O)O[C@@H]1[C@@H](O)C(O)=C(C)C. The van der Waals surface area contributed by atoms with Gasteiger partial charge in [0.1, 0.15) is 5.76 Å². The van der Waals surface area contributed by atoms with Crippen LogP contribution in [0.3, 0.4) is 0 Å². The fourth-order valence-corrected chi connectivity index (χ4v) is 1.32. The molecule has 0 radical (unpaired) electrons. The lowest BCUT2D eigenvalue weighted by Crippen LogP contribution is -2.31. The smallest absolute Gasteiger partial charge is 0.378 e. The molecule has 1 aliphatic heterocycles. The number of esters is 1. The average Bonchev–Trinajstić information content (AvgIpc) is 2.53. The lowest BCUT2D eigenvalue weighted by atomic mass is 10.1. The van der Waals surface area contributed by atoms with Crippen molar-refractivity contribution in [2.45, 2.75) is 26.1 Å². The van der Waals surface area contributed by atoms with E-state index in [1.165, 1.54) is 7.11 Å². The second-order valence-electron chi connectivity index (χ2n) is 3.57. The summed E-state index contributed by atoms with van der Waals surface area (Å²) in [5.74, 6) is -2.18. The number of cyclic esters (lactones) is 1. The highest BCUT2D eigenvalue weighted by molar-refractivity contribution is 5.89. The van der Waals surface area contributed by atoms with Gasteiger partial charge < -0.3 is 24.8 Å². The van der Waals surface area contributed by atoms with Crippen LogP contribution in [0.4, 0.5) is 0 Å². The summed E-state index contributed by atoms with van der Waals surface area (Å²) in [6.45, 7) is 3.18. The topological polar surface area (TPSA) is 96.2 Å². The van der Waals surface area contributed by atoms with Crippen LogP contribution in [-0.2, 0) is 14.3 Å². The van der Waals surface area contributed by atoms with E-state index in [1.807, 2.05) is 0 Å². The summed E-state index contributed by atoms with van der Waals surface area (Å²) < 4.78 is 9.43. The number of aliphatic hydroxyl groups is 3. The van der Waals surface area contributed by atoms with Crippen LogP contribution in [0.1, 0.15) is 13.8 Å². The number of hydrogen-bond acceptors (Lipinski definition) is 6. The Balaban J connectivity index is 3.00. The molecule has 90 valence electrons. The first-order valence-corrected chi connectivity index (χ1v) is 4.62. The average molecular weight is 230 g/mol. The van der Waals surface area contributed by atoms with Crippen LogP contribution in [0.5, 0.6) is 0 Å². The second kappa shape index (κ2) is 4.44. The van der Waals surface area contributed by atoms with Crippen molar-refractivity contribution in [3.8, 4) is 0 Å². The number of ether oxygens (including phenoxy) is 2. The van der Waals surface area contributed by atoms with Crippen LogP contribution in [0.2, 0.25) is 0 Å². The van der Waals surface area contributed by atoms with Crippen LogP contribution in [-0.4, -0.2) is 40.6 Å². The van der Waals surface area contributed by atoms with E-state index in [0.717, 1.165) is 0 Å². The van der Waals surface area contributed by atoms with Crippen LogP contribution in [0.15, 0.2) is 22.9 Å². The molecule has 1 heterocycles. The van der Waals surface area contributed by atoms with Gasteiger partial charge in [0.2, 0.25) is 5.76 Å². The Labute approximate surface area is 92.4 Å². The number of hydrogen-bond donors (Lipinski definition) is 3. The molecule has 0 saturated carbocycles. The molecule has 1 aliphatic rings. The zero-order valence-corrected chi connectivity index (χ0v) is 9.22. The third-order valence-corrected chi connectivity index (χ3v) is 2.22. The summed E-state index contributed by atoms with van der Waals surface area (Å²) in [5, 5.41) is 28.5. The van der Waals surface area contributed by atoms with Gasteiger partial charge in [-0.3, -0.25) is 0 Å². The van der Waals surface area contributed by atoms with Crippen molar-refractivity contribution in [1.82, 2.24) is 0 Å². The van der Waals surface area contributed by atoms with Gasteiger partial charge in [-0.1, -0.05) is 0 Å².